The van der Waals surface area contributed by atoms with Crippen molar-refractivity contribution in [3.8, 4) is 0 Å². The minimum absolute atomic E-state index is 0.128. The molecule has 18 heavy (non-hydrogen) atoms. The molecule has 0 aliphatic carbocycles. The van der Waals surface area contributed by atoms with Crippen LogP contribution in [0.25, 0.3) is 0 Å². The number of alkyl halides is 3. The second kappa shape index (κ2) is 6.28. The van der Waals surface area contributed by atoms with E-state index in [4.69, 9.17) is 0 Å². The van der Waals surface area contributed by atoms with E-state index in [1.807, 2.05) is 0 Å². The quantitative estimate of drug-likeness (QED) is 0.854. The van der Waals surface area contributed by atoms with Gasteiger partial charge in [-0.2, -0.15) is 13.2 Å². The maximum atomic E-state index is 12.4. The minimum Gasteiger partial charge on any atom is -0.385 e. The van der Waals surface area contributed by atoms with Crippen LogP contribution in [0.1, 0.15) is 18.9 Å². The molecule has 1 rings (SSSR count). The molecule has 0 radical (unpaired) electrons. The van der Waals surface area contributed by atoms with Crippen LogP contribution in [0.4, 0.5) is 18.9 Å². The van der Waals surface area contributed by atoms with Gasteiger partial charge in [0, 0.05) is 25.2 Å². The van der Waals surface area contributed by atoms with E-state index in [1.165, 1.54) is 12.1 Å². The molecular weight excluding hydrogens is 245 g/mol. The summed E-state index contributed by atoms with van der Waals surface area (Å²) in [5, 5.41) is 5.39. The number of anilines is 1. The van der Waals surface area contributed by atoms with E-state index in [9.17, 15) is 18.0 Å². The third-order valence-electron chi connectivity index (χ3n) is 2.25. The number of hydrogen-bond donors (Lipinski definition) is 2. The van der Waals surface area contributed by atoms with Crippen LogP contribution in [0.15, 0.2) is 24.3 Å². The fourth-order valence-electron chi connectivity index (χ4n) is 1.41. The van der Waals surface area contributed by atoms with Crippen LogP contribution in [-0.2, 0) is 11.0 Å². The summed E-state index contributed by atoms with van der Waals surface area (Å²) in [5.74, 6) is -0.128. The van der Waals surface area contributed by atoms with E-state index in [2.05, 4.69) is 10.6 Å². The average molecular weight is 260 g/mol. The van der Waals surface area contributed by atoms with Gasteiger partial charge in [-0.15, -0.1) is 0 Å². The Morgan fingerprint density at radius 1 is 1.33 bits per heavy atom. The van der Waals surface area contributed by atoms with E-state index in [1.54, 1.807) is 6.92 Å². The van der Waals surface area contributed by atoms with Crippen molar-refractivity contribution >= 4 is 11.6 Å². The fourth-order valence-corrected chi connectivity index (χ4v) is 1.41. The summed E-state index contributed by atoms with van der Waals surface area (Å²) in [7, 11) is 0. The molecule has 100 valence electrons. The molecule has 3 nitrogen and oxygen atoms in total. The summed E-state index contributed by atoms with van der Waals surface area (Å²) in [5.41, 5.74) is -0.348. The summed E-state index contributed by atoms with van der Waals surface area (Å²) in [6, 6.07) is 4.90. The maximum Gasteiger partial charge on any atom is 0.416 e. The lowest BCUT2D eigenvalue weighted by Crippen LogP contribution is -2.24. The van der Waals surface area contributed by atoms with Gasteiger partial charge < -0.3 is 10.6 Å². The van der Waals surface area contributed by atoms with Crippen LogP contribution in [-0.4, -0.2) is 19.0 Å². The van der Waals surface area contributed by atoms with Crippen LogP contribution in [0.3, 0.4) is 0 Å². The predicted molar refractivity (Wildman–Crippen MR) is 63.2 cm³/mol. The minimum atomic E-state index is -4.35. The zero-order chi connectivity index (χ0) is 13.6. The van der Waals surface area contributed by atoms with Crippen molar-refractivity contribution in [1.82, 2.24) is 5.32 Å². The van der Waals surface area contributed by atoms with Gasteiger partial charge in [-0.25, -0.2) is 0 Å². The Labute approximate surface area is 103 Å². The van der Waals surface area contributed by atoms with Crippen molar-refractivity contribution in [2.24, 2.45) is 0 Å². The third kappa shape index (κ3) is 4.65. The number of carbonyl (C=O) groups excluding carboxylic acids is 1. The molecule has 0 saturated heterocycles. The highest BCUT2D eigenvalue weighted by atomic mass is 19.4. The molecule has 1 aromatic carbocycles. The van der Waals surface area contributed by atoms with Crippen molar-refractivity contribution in [3.63, 3.8) is 0 Å². The van der Waals surface area contributed by atoms with Gasteiger partial charge in [-0.1, -0.05) is 6.07 Å². The highest BCUT2D eigenvalue weighted by Gasteiger charge is 2.30. The normalized spacial score (nSPS) is 11.1. The van der Waals surface area contributed by atoms with Crippen LogP contribution in [0.5, 0.6) is 0 Å². The molecular formula is C12H15F3N2O. The van der Waals surface area contributed by atoms with Crippen LogP contribution in [0.2, 0.25) is 0 Å². The first-order valence-corrected chi connectivity index (χ1v) is 5.61. The predicted octanol–water partition coefficient (Wildman–Crippen LogP) is 2.64. The van der Waals surface area contributed by atoms with Crippen molar-refractivity contribution in [2.75, 3.05) is 18.4 Å². The summed E-state index contributed by atoms with van der Waals surface area (Å²) >= 11 is 0. The average Bonchev–Trinajstić information content (AvgIpc) is 2.29. The molecule has 0 aromatic heterocycles. The highest BCUT2D eigenvalue weighted by molar-refractivity contribution is 5.76. The molecule has 0 saturated carbocycles. The number of rotatable bonds is 5. The SMILES string of the molecule is CCNC(=O)CCNc1cccc(C(F)(F)F)c1. The number of carbonyl (C=O) groups is 1. The number of benzene rings is 1. The summed E-state index contributed by atoms with van der Waals surface area (Å²) in [6.07, 6.45) is -4.12. The van der Waals surface area contributed by atoms with Crippen molar-refractivity contribution in [3.05, 3.63) is 29.8 Å². The Bertz CT molecular complexity index is 405. The van der Waals surface area contributed by atoms with Gasteiger partial charge in [0.25, 0.3) is 0 Å². The number of nitrogens with one attached hydrogen (secondary N) is 2. The molecule has 0 atom stereocenters. The topological polar surface area (TPSA) is 41.1 Å². The molecule has 0 aliphatic rings. The van der Waals surface area contributed by atoms with E-state index < -0.39 is 11.7 Å². The smallest absolute Gasteiger partial charge is 0.385 e. The Balaban J connectivity index is 2.51. The van der Waals surface area contributed by atoms with Crippen molar-refractivity contribution in [1.29, 1.82) is 0 Å². The second-order valence-electron chi connectivity index (χ2n) is 3.71. The molecule has 6 heteroatoms. The molecule has 0 spiro atoms. The molecule has 1 amide bonds. The first kappa shape index (κ1) is 14.3. The molecule has 0 unspecified atom stereocenters. The first-order chi connectivity index (χ1) is 8.43. The van der Waals surface area contributed by atoms with E-state index in [0.717, 1.165) is 12.1 Å². The Morgan fingerprint density at radius 3 is 2.67 bits per heavy atom. The van der Waals surface area contributed by atoms with E-state index >= 15 is 0 Å². The van der Waals surface area contributed by atoms with Crippen molar-refractivity contribution in [2.45, 2.75) is 19.5 Å². The van der Waals surface area contributed by atoms with Gasteiger partial charge in [-0.05, 0) is 25.1 Å². The Kier molecular flexibility index (Phi) is 5.00. The fraction of sp³-hybridized carbons (Fsp3) is 0.417. The lowest BCUT2D eigenvalue weighted by molar-refractivity contribution is -0.137. The van der Waals surface area contributed by atoms with Gasteiger partial charge in [0.05, 0.1) is 5.56 Å². The van der Waals surface area contributed by atoms with Crippen molar-refractivity contribution < 1.29 is 18.0 Å². The van der Waals surface area contributed by atoms with E-state index in [-0.39, 0.29) is 12.3 Å². The highest BCUT2D eigenvalue weighted by Crippen LogP contribution is 2.30. The molecule has 0 bridgehead atoms. The number of amides is 1. The Morgan fingerprint density at radius 2 is 2.06 bits per heavy atom. The largest absolute Gasteiger partial charge is 0.416 e. The third-order valence-corrected chi connectivity index (χ3v) is 2.25. The first-order valence-electron chi connectivity index (χ1n) is 5.61. The zero-order valence-corrected chi connectivity index (χ0v) is 9.97. The molecule has 0 heterocycles. The molecule has 1 aromatic rings. The van der Waals surface area contributed by atoms with Gasteiger partial charge in [-0.3, -0.25) is 4.79 Å². The Hall–Kier alpha value is -1.72. The summed E-state index contributed by atoms with van der Waals surface area (Å²) < 4.78 is 37.3. The van der Waals surface area contributed by atoms with E-state index in [0.29, 0.717) is 18.8 Å². The van der Waals surface area contributed by atoms with Gasteiger partial charge in [0.1, 0.15) is 0 Å². The lowest BCUT2D eigenvalue weighted by Gasteiger charge is -2.10. The maximum absolute atomic E-state index is 12.4. The van der Waals surface area contributed by atoms with Crippen LogP contribution in [0, 0.1) is 0 Å². The zero-order valence-electron chi connectivity index (χ0n) is 9.97. The molecule has 0 aliphatic heterocycles. The van der Waals surface area contributed by atoms with Gasteiger partial charge in [0.15, 0.2) is 0 Å². The summed E-state index contributed by atoms with van der Waals surface area (Å²) in [4.78, 5) is 11.1. The number of hydrogen-bond acceptors (Lipinski definition) is 2. The standard InChI is InChI=1S/C12H15F3N2O/c1-2-16-11(18)6-7-17-10-5-3-4-9(8-10)12(13,14)15/h3-5,8,17H,2,6-7H2,1H3,(H,16,18). The summed E-state index contributed by atoms with van der Waals surface area (Å²) in [6.45, 7) is 2.65. The monoisotopic (exact) mass is 260 g/mol. The molecule has 2 N–H and O–H groups in total. The second-order valence-corrected chi connectivity index (χ2v) is 3.71. The van der Waals surface area contributed by atoms with Crippen LogP contribution >= 0.6 is 0 Å². The van der Waals surface area contributed by atoms with Gasteiger partial charge in [0.2, 0.25) is 5.91 Å². The number of halogens is 3. The lowest BCUT2D eigenvalue weighted by atomic mass is 10.2. The van der Waals surface area contributed by atoms with Crippen LogP contribution < -0.4 is 10.6 Å². The molecule has 0 fully saturated rings. The van der Waals surface area contributed by atoms with Gasteiger partial charge >= 0.3 is 6.18 Å².